The van der Waals surface area contributed by atoms with Crippen molar-refractivity contribution in [1.82, 2.24) is 9.55 Å². The molecule has 27 heavy (non-hydrogen) atoms. The van der Waals surface area contributed by atoms with Crippen LogP contribution in [0.4, 0.5) is 0 Å². The third-order valence-electron chi connectivity index (χ3n) is 4.33. The van der Waals surface area contributed by atoms with Crippen molar-refractivity contribution in [1.29, 1.82) is 0 Å². The number of hydrogen-bond donors (Lipinski definition) is 1. The lowest BCUT2D eigenvalue weighted by atomic mass is 9.93. The van der Waals surface area contributed by atoms with Gasteiger partial charge in [0.25, 0.3) is 5.09 Å². The Labute approximate surface area is 156 Å². The lowest BCUT2D eigenvalue weighted by Crippen LogP contribution is -2.11. The first-order valence-corrected chi connectivity index (χ1v) is 8.41. The molecule has 0 bridgehead atoms. The van der Waals surface area contributed by atoms with Crippen LogP contribution in [-0.2, 0) is 0 Å². The quantitative estimate of drug-likeness (QED) is 0.426. The number of rotatable bonds is 3. The second kappa shape index (κ2) is 8.14. The van der Waals surface area contributed by atoms with E-state index in [-0.39, 0.29) is 6.04 Å². The fourth-order valence-electron chi connectivity index (χ4n) is 3.17. The SMILES string of the molecule is Cc1ccc(C(c2cccc3ccccc23)n2ccnc2)cc1.O=[N+]([O-])O. The van der Waals surface area contributed by atoms with Crippen LogP contribution in [0, 0.1) is 17.0 Å². The summed E-state index contributed by atoms with van der Waals surface area (Å²) in [5, 5.41) is 16.2. The molecule has 4 rings (SSSR count). The third-order valence-corrected chi connectivity index (χ3v) is 4.33. The average molecular weight is 361 g/mol. The highest BCUT2D eigenvalue weighted by Crippen LogP contribution is 2.32. The van der Waals surface area contributed by atoms with Gasteiger partial charge in [-0.05, 0) is 28.8 Å². The van der Waals surface area contributed by atoms with E-state index in [2.05, 4.69) is 83.2 Å². The Morgan fingerprint density at radius 1 is 1.04 bits per heavy atom. The normalized spacial score (nSPS) is 11.4. The van der Waals surface area contributed by atoms with Crippen molar-refractivity contribution in [3.05, 3.63) is 112 Å². The standard InChI is InChI=1S/C21H18N2.HNO3/c1-16-9-11-18(12-10-16)21(23-14-13-22-15-23)20-8-4-6-17-5-2-3-7-19(17)20;2-1(3)4/h2-15,21H,1H3;(H,2,3,4). The van der Waals surface area contributed by atoms with Gasteiger partial charge >= 0.3 is 0 Å². The molecule has 1 N–H and O–H groups in total. The van der Waals surface area contributed by atoms with Crippen LogP contribution in [0.25, 0.3) is 10.8 Å². The van der Waals surface area contributed by atoms with Crippen LogP contribution in [0.1, 0.15) is 22.7 Å². The molecule has 1 unspecified atom stereocenters. The molecule has 6 nitrogen and oxygen atoms in total. The molecule has 1 aromatic heterocycles. The van der Waals surface area contributed by atoms with E-state index in [1.807, 2.05) is 18.7 Å². The van der Waals surface area contributed by atoms with Crippen LogP contribution < -0.4 is 0 Å². The number of nitrogens with zero attached hydrogens (tertiary/aromatic N) is 3. The van der Waals surface area contributed by atoms with Gasteiger partial charge in [-0.25, -0.2) is 4.98 Å². The van der Waals surface area contributed by atoms with E-state index in [0.717, 1.165) is 0 Å². The molecule has 0 spiro atoms. The molecule has 1 atom stereocenters. The zero-order valence-electron chi connectivity index (χ0n) is 14.8. The summed E-state index contributed by atoms with van der Waals surface area (Å²) in [6.07, 6.45) is 5.77. The fraction of sp³-hybridized carbons (Fsp3) is 0.0952. The summed E-state index contributed by atoms with van der Waals surface area (Å²) in [7, 11) is 0. The van der Waals surface area contributed by atoms with E-state index < -0.39 is 5.09 Å². The minimum atomic E-state index is -1.50. The Balaban J connectivity index is 0.000000481. The van der Waals surface area contributed by atoms with Crippen molar-refractivity contribution >= 4 is 10.8 Å². The predicted molar refractivity (Wildman–Crippen MR) is 103 cm³/mol. The Hall–Kier alpha value is -3.67. The van der Waals surface area contributed by atoms with Crippen LogP contribution in [0.5, 0.6) is 0 Å². The van der Waals surface area contributed by atoms with Gasteiger partial charge in [-0.15, -0.1) is 10.1 Å². The van der Waals surface area contributed by atoms with Gasteiger partial charge < -0.3 is 9.77 Å². The molecule has 0 aliphatic heterocycles. The van der Waals surface area contributed by atoms with Gasteiger partial charge in [-0.2, -0.15) is 0 Å². The maximum Gasteiger partial charge on any atom is 0.291 e. The minimum absolute atomic E-state index is 0.129. The van der Waals surface area contributed by atoms with Crippen molar-refractivity contribution < 1.29 is 10.3 Å². The van der Waals surface area contributed by atoms with Gasteiger partial charge in [-0.3, -0.25) is 0 Å². The third kappa shape index (κ3) is 4.30. The molecule has 0 saturated heterocycles. The monoisotopic (exact) mass is 361 g/mol. The first-order valence-electron chi connectivity index (χ1n) is 8.41. The van der Waals surface area contributed by atoms with Crippen LogP contribution in [-0.4, -0.2) is 19.8 Å². The first kappa shape index (κ1) is 18.1. The highest BCUT2D eigenvalue weighted by Gasteiger charge is 2.18. The van der Waals surface area contributed by atoms with Crippen LogP contribution in [0.2, 0.25) is 0 Å². The zero-order chi connectivity index (χ0) is 19.2. The van der Waals surface area contributed by atoms with Crippen LogP contribution in [0.15, 0.2) is 85.5 Å². The largest absolute Gasteiger partial charge is 0.328 e. The van der Waals surface area contributed by atoms with E-state index in [0.29, 0.717) is 0 Å². The number of aryl methyl sites for hydroxylation is 1. The topological polar surface area (TPSA) is 81.2 Å². The molecule has 0 saturated carbocycles. The van der Waals surface area contributed by atoms with Gasteiger partial charge in [0.05, 0.1) is 12.4 Å². The van der Waals surface area contributed by atoms with E-state index in [4.69, 9.17) is 15.3 Å². The zero-order valence-corrected chi connectivity index (χ0v) is 14.8. The summed E-state index contributed by atoms with van der Waals surface area (Å²) in [5.74, 6) is 0. The summed E-state index contributed by atoms with van der Waals surface area (Å²) in [5.41, 5.74) is 3.84. The lowest BCUT2D eigenvalue weighted by molar-refractivity contribution is -0.742. The summed E-state index contributed by atoms with van der Waals surface area (Å²) < 4.78 is 2.17. The van der Waals surface area contributed by atoms with Crippen molar-refractivity contribution in [3.8, 4) is 0 Å². The Kier molecular flexibility index (Phi) is 5.47. The maximum atomic E-state index is 8.36. The molecule has 0 aliphatic carbocycles. The average Bonchev–Trinajstić information content (AvgIpc) is 3.18. The molecule has 0 fully saturated rings. The molecule has 3 aromatic carbocycles. The van der Waals surface area contributed by atoms with Gasteiger partial charge in [0, 0.05) is 12.4 Å². The second-order valence-electron chi connectivity index (χ2n) is 6.13. The molecular formula is C21H19N3O3. The molecule has 6 heteroatoms. The summed E-state index contributed by atoms with van der Waals surface area (Å²) in [4.78, 5) is 12.6. The second-order valence-corrected chi connectivity index (χ2v) is 6.13. The van der Waals surface area contributed by atoms with Crippen molar-refractivity contribution in [3.63, 3.8) is 0 Å². The summed E-state index contributed by atoms with van der Waals surface area (Å²) in [6, 6.07) is 24.0. The number of hydrogen-bond acceptors (Lipinski definition) is 3. The number of fused-ring (bicyclic) bond motifs is 1. The lowest BCUT2D eigenvalue weighted by Gasteiger charge is -2.21. The number of benzene rings is 3. The molecular weight excluding hydrogens is 342 g/mol. The smallest absolute Gasteiger partial charge is 0.291 e. The van der Waals surface area contributed by atoms with Crippen molar-refractivity contribution in [2.45, 2.75) is 13.0 Å². The summed E-state index contributed by atoms with van der Waals surface area (Å²) >= 11 is 0. The van der Waals surface area contributed by atoms with E-state index in [1.165, 1.54) is 27.5 Å². The van der Waals surface area contributed by atoms with Gasteiger partial charge in [-0.1, -0.05) is 72.3 Å². The first-order chi connectivity index (χ1) is 13.1. The van der Waals surface area contributed by atoms with Crippen molar-refractivity contribution in [2.24, 2.45) is 0 Å². The molecule has 0 aliphatic rings. The molecule has 136 valence electrons. The molecule has 0 radical (unpaired) electrons. The van der Waals surface area contributed by atoms with Crippen LogP contribution >= 0.6 is 0 Å². The Morgan fingerprint density at radius 2 is 1.70 bits per heavy atom. The van der Waals surface area contributed by atoms with Crippen molar-refractivity contribution in [2.75, 3.05) is 0 Å². The highest BCUT2D eigenvalue weighted by atomic mass is 16.9. The molecule has 4 aromatic rings. The van der Waals surface area contributed by atoms with Gasteiger partial charge in [0.15, 0.2) is 0 Å². The van der Waals surface area contributed by atoms with Gasteiger partial charge in [0.1, 0.15) is 0 Å². The Morgan fingerprint density at radius 3 is 2.37 bits per heavy atom. The number of imidazole rings is 1. The Bertz CT molecular complexity index is 1020. The van der Waals surface area contributed by atoms with E-state index in [9.17, 15) is 0 Å². The molecule has 1 heterocycles. The fourth-order valence-corrected chi connectivity index (χ4v) is 3.17. The molecule has 0 amide bonds. The predicted octanol–water partition coefficient (Wildman–Crippen LogP) is 4.63. The number of aromatic nitrogens is 2. The maximum absolute atomic E-state index is 8.36. The summed E-state index contributed by atoms with van der Waals surface area (Å²) in [6.45, 7) is 2.12. The van der Waals surface area contributed by atoms with Gasteiger partial charge in [0.2, 0.25) is 0 Å². The van der Waals surface area contributed by atoms with E-state index >= 15 is 0 Å². The van der Waals surface area contributed by atoms with Crippen LogP contribution in [0.3, 0.4) is 0 Å². The minimum Gasteiger partial charge on any atom is -0.328 e. The highest BCUT2D eigenvalue weighted by molar-refractivity contribution is 5.86. The van der Waals surface area contributed by atoms with E-state index in [1.54, 1.807) is 0 Å².